The molecule has 26 heavy (non-hydrogen) atoms. The number of benzene rings is 2. The lowest BCUT2D eigenvalue weighted by Crippen LogP contribution is -2.30. The predicted octanol–water partition coefficient (Wildman–Crippen LogP) is 5.16. The van der Waals surface area contributed by atoms with Crippen molar-refractivity contribution >= 4 is 29.0 Å². The van der Waals surface area contributed by atoms with Crippen LogP contribution in [0.15, 0.2) is 64.9 Å². The van der Waals surface area contributed by atoms with Gasteiger partial charge in [-0.1, -0.05) is 18.2 Å². The molecule has 134 valence electrons. The Hall–Kier alpha value is -2.25. The molecule has 0 aliphatic carbocycles. The highest BCUT2D eigenvalue weighted by Crippen LogP contribution is 2.27. The van der Waals surface area contributed by atoms with Crippen molar-refractivity contribution in [1.29, 1.82) is 0 Å². The van der Waals surface area contributed by atoms with E-state index in [2.05, 4.69) is 5.32 Å². The van der Waals surface area contributed by atoms with Crippen LogP contribution in [0.2, 0.25) is 0 Å². The summed E-state index contributed by atoms with van der Waals surface area (Å²) in [6.07, 6.45) is 0. The standard InChI is InChI=1S/C19H14F3NOS2/c20-13-5-3-12(4-6-13)19(17-2-1-9-25-17)23-18(24)11-26-16-8-7-14(21)10-15(16)22/h1-10,19H,11H2,(H,23,24)/t19-/m1/s1. The summed E-state index contributed by atoms with van der Waals surface area (Å²) < 4.78 is 39.8. The number of hydrogen-bond donors (Lipinski definition) is 1. The van der Waals surface area contributed by atoms with Gasteiger partial charge in [0.1, 0.15) is 17.5 Å². The molecule has 2 aromatic carbocycles. The lowest BCUT2D eigenvalue weighted by atomic mass is 10.1. The summed E-state index contributed by atoms with van der Waals surface area (Å²) in [4.78, 5) is 13.5. The third kappa shape index (κ3) is 4.68. The first-order valence-electron chi connectivity index (χ1n) is 7.69. The number of nitrogens with one attached hydrogen (secondary N) is 1. The molecule has 2 nitrogen and oxygen atoms in total. The van der Waals surface area contributed by atoms with Gasteiger partial charge in [-0.2, -0.15) is 0 Å². The van der Waals surface area contributed by atoms with E-state index in [9.17, 15) is 18.0 Å². The highest BCUT2D eigenvalue weighted by Gasteiger charge is 2.18. The highest BCUT2D eigenvalue weighted by molar-refractivity contribution is 8.00. The molecule has 3 rings (SSSR count). The summed E-state index contributed by atoms with van der Waals surface area (Å²) in [6.45, 7) is 0. The Bertz CT molecular complexity index is 882. The maximum Gasteiger partial charge on any atom is 0.231 e. The average Bonchev–Trinajstić information content (AvgIpc) is 3.14. The van der Waals surface area contributed by atoms with Gasteiger partial charge in [-0.3, -0.25) is 4.79 Å². The molecule has 0 saturated heterocycles. The van der Waals surface area contributed by atoms with Crippen LogP contribution in [0, 0.1) is 17.5 Å². The zero-order valence-electron chi connectivity index (χ0n) is 13.4. The molecule has 1 atom stereocenters. The minimum atomic E-state index is -0.698. The summed E-state index contributed by atoms with van der Waals surface area (Å²) in [5.74, 6) is -2.04. The summed E-state index contributed by atoms with van der Waals surface area (Å²) in [5.41, 5.74) is 0.750. The Morgan fingerprint density at radius 2 is 1.77 bits per heavy atom. The van der Waals surface area contributed by atoms with Crippen molar-refractivity contribution in [2.75, 3.05) is 5.75 Å². The van der Waals surface area contributed by atoms with Crippen LogP contribution in [0.1, 0.15) is 16.5 Å². The molecule has 0 bridgehead atoms. The maximum absolute atomic E-state index is 13.7. The van der Waals surface area contributed by atoms with Crippen molar-refractivity contribution in [3.8, 4) is 0 Å². The van der Waals surface area contributed by atoms with Gasteiger partial charge in [0.15, 0.2) is 0 Å². The third-order valence-electron chi connectivity index (χ3n) is 3.59. The van der Waals surface area contributed by atoms with E-state index in [1.54, 1.807) is 12.1 Å². The van der Waals surface area contributed by atoms with Gasteiger partial charge in [-0.15, -0.1) is 23.1 Å². The van der Waals surface area contributed by atoms with E-state index < -0.39 is 17.7 Å². The minimum Gasteiger partial charge on any atom is -0.344 e. The Kier molecular flexibility index (Phi) is 6.00. The summed E-state index contributed by atoms with van der Waals surface area (Å²) in [6, 6.07) is 12.5. The Labute approximate surface area is 157 Å². The van der Waals surface area contributed by atoms with E-state index in [-0.39, 0.29) is 22.4 Å². The molecule has 0 unspecified atom stereocenters. The lowest BCUT2D eigenvalue weighted by Gasteiger charge is -2.18. The number of rotatable bonds is 6. The van der Waals surface area contributed by atoms with E-state index >= 15 is 0 Å². The van der Waals surface area contributed by atoms with E-state index in [1.807, 2.05) is 17.5 Å². The second-order valence-corrected chi connectivity index (χ2v) is 7.43. The predicted molar refractivity (Wildman–Crippen MR) is 97.8 cm³/mol. The molecule has 0 fully saturated rings. The first-order valence-corrected chi connectivity index (χ1v) is 9.55. The number of thiophene rings is 1. The second-order valence-electron chi connectivity index (χ2n) is 5.43. The molecule has 1 N–H and O–H groups in total. The van der Waals surface area contributed by atoms with Crippen LogP contribution in [-0.4, -0.2) is 11.7 Å². The fraction of sp³-hybridized carbons (Fsp3) is 0.105. The fourth-order valence-electron chi connectivity index (χ4n) is 2.37. The molecule has 0 spiro atoms. The van der Waals surface area contributed by atoms with Crippen LogP contribution < -0.4 is 5.32 Å². The summed E-state index contributed by atoms with van der Waals surface area (Å²) in [7, 11) is 0. The molecule has 1 amide bonds. The zero-order chi connectivity index (χ0) is 18.5. The minimum absolute atomic E-state index is 0.0222. The molecule has 1 aromatic heterocycles. The Balaban J connectivity index is 1.70. The molecule has 0 saturated carbocycles. The van der Waals surface area contributed by atoms with E-state index in [0.717, 1.165) is 34.3 Å². The molecular weight excluding hydrogens is 379 g/mol. The van der Waals surface area contributed by atoms with Crippen molar-refractivity contribution in [3.63, 3.8) is 0 Å². The summed E-state index contributed by atoms with van der Waals surface area (Å²) in [5, 5.41) is 4.78. The number of hydrogen-bond acceptors (Lipinski definition) is 3. The van der Waals surface area contributed by atoms with Crippen LogP contribution in [0.3, 0.4) is 0 Å². The van der Waals surface area contributed by atoms with Crippen LogP contribution >= 0.6 is 23.1 Å². The Morgan fingerprint density at radius 3 is 2.42 bits per heavy atom. The highest BCUT2D eigenvalue weighted by atomic mass is 32.2. The van der Waals surface area contributed by atoms with Crippen LogP contribution in [0.5, 0.6) is 0 Å². The van der Waals surface area contributed by atoms with Crippen molar-refractivity contribution in [3.05, 3.63) is 87.9 Å². The van der Waals surface area contributed by atoms with Crippen molar-refractivity contribution < 1.29 is 18.0 Å². The monoisotopic (exact) mass is 393 g/mol. The van der Waals surface area contributed by atoms with Crippen molar-refractivity contribution in [2.45, 2.75) is 10.9 Å². The summed E-state index contributed by atoms with van der Waals surface area (Å²) >= 11 is 2.46. The van der Waals surface area contributed by atoms with E-state index in [1.165, 1.54) is 29.5 Å². The molecular formula is C19H14F3NOS2. The van der Waals surface area contributed by atoms with Gasteiger partial charge in [0.05, 0.1) is 11.8 Å². The molecule has 0 radical (unpaired) electrons. The van der Waals surface area contributed by atoms with Crippen molar-refractivity contribution in [1.82, 2.24) is 5.32 Å². The quantitative estimate of drug-likeness (QED) is 0.586. The van der Waals surface area contributed by atoms with Crippen LogP contribution in [0.25, 0.3) is 0 Å². The number of carbonyl (C=O) groups excluding carboxylic acids is 1. The maximum atomic E-state index is 13.7. The topological polar surface area (TPSA) is 29.1 Å². The van der Waals surface area contributed by atoms with E-state index in [0.29, 0.717) is 0 Å². The first-order chi connectivity index (χ1) is 12.5. The van der Waals surface area contributed by atoms with Gasteiger partial charge in [0.25, 0.3) is 0 Å². The largest absolute Gasteiger partial charge is 0.344 e. The zero-order valence-corrected chi connectivity index (χ0v) is 15.0. The van der Waals surface area contributed by atoms with Gasteiger partial charge < -0.3 is 5.32 Å². The second kappa shape index (κ2) is 8.42. The van der Waals surface area contributed by atoms with Gasteiger partial charge in [0.2, 0.25) is 5.91 Å². The Morgan fingerprint density at radius 1 is 1.04 bits per heavy atom. The SMILES string of the molecule is O=C(CSc1ccc(F)cc1F)N[C@H](c1ccc(F)cc1)c1cccs1. The normalized spacial score (nSPS) is 12.0. The van der Waals surface area contributed by atoms with Gasteiger partial charge in [-0.05, 0) is 41.3 Å². The molecule has 3 aromatic rings. The third-order valence-corrected chi connectivity index (χ3v) is 5.57. The van der Waals surface area contributed by atoms with Gasteiger partial charge >= 0.3 is 0 Å². The molecule has 7 heteroatoms. The van der Waals surface area contributed by atoms with Gasteiger partial charge in [-0.25, -0.2) is 13.2 Å². The molecule has 0 aliphatic heterocycles. The lowest BCUT2D eigenvalue weighted by molar-refractivity contribution is -0.119. The first kappa shape index (κ1) is 18.5. The van der Waals surface area contributed by atoms with Crippen LogP contribution in [0.4, 0.5) is 13.2 Å². The number of carbonyl (C=O) groups is 1. The average molecular weight is 393 g/mol. The number of halogens is 3. The van der Waals surface area contributed by atoms with Gasteiger partial charge in [0, 0.05) is 15.8 Å². The number of amides is 1. The van der Waals surface area contributed by atoms with Crippen molar-refractivity contribution in [2.24, 2.45) is 0 Å². The molecule has 0 aliphatic rings. The van der Waals surface area contributed by atoms with Crippen LogP contribution in [-0.2, 0) is 4.79 Å². The molecule has 1 heterocycles. The fourth-order valence-corrected chi connectivity index (χ4v) is 3.90. The van der Waals surface area contributed by atoms with E-state index in [4.69, 9.17) is 0 Å². The number of thioether (sulfide) groups is 1. The smallest absolute Gasteiger partial charge is 0.231 e.